The average Bonchev–Trinajstić information content (AvgIpc) is 2.74. The van der Waals surface area contributed by atoms with Gasteiger partial charge in [0.2, 0.25) is 0 Å². The van der Waals surface area contributed by atoms with Crippen molar-refractivity contribution >= 4 is 33.2 Å². The number of rotatable bonds is 8. The van der Waals surface area contributed by atoms with Crippen molar-refractivity contribution in [1.82, 2.24) is 0 Å². The maximum Gasteiger partial charge on any atom is 0.466 e. The molecule has 6 atom stereocenters. The minimum Gasteiger partial charge on any atom is -0.461 e. The van der Waals surface area contributed by atoms with Gasteiger partial charge in [0.1, 0.15) is 41.5 Å². The fraction of sp³-hybridized carbons (Fsp3) is 0.529. The van der Waals surface area contributed by atoms with E-state index in [0.717, 1.165) is 0 Å². The monoisotopic (exact) mass is 481 g/mol. The molecule has 31 heavy (non-hydrogen) atoms. The maximum atomic E-state index is 12.1. The van der Waals surface area contributed by atoms with Crippen LogP contribution in [-0.2, 0) is 24.2 Å². The Morgan fingerprint density at radius 1 is 1.19 bits per heavy atom. The number of esters is 1. The van der Waals surface area contributed by atoms with E-state index in [9.17, 15) is 33.6 Å². The van der Waals surface area contributed by atoms with Crippen molar-refractivity contribution in [2.24, 2.45) is 11.1 Å². The number of hydrogen-bond acceptors (Lipinski definition) is 12. The van der Waals surface area contributed by atoms with Crippen LogP contribution in [0.4, 0.5) is 0 Å². The van der Waals surface area contributed by atoms with E-state index in [2.05, 4.69) is 9.44 Å². The van der Waals surface area contributed by atoms with Gasteiger partial charge in [-0.2, -0.15) is 8.42 Å². The molecule has 0 spiro atoms. The van der Waals surface area contributed by atoms with Crippen molar-refractivity contribution in [1.29, 1.82) is 0 Å². The molecule has 174 valence electrons. The van der Waals surface area contributed by atoms with Crippen molar-refractivity contribution in [3.63, 3.8) is 0 Å². The minimum atomic E-state index is -4.96. The van der Waals surface area contributed by atoms with Gasteiger partial charge in [0.05, 0.1) is 12.2 Å². The van der Waals surface area contributed by atoms with Crippen molar-refractivity contribution in [3.8, 4) is 0 Å². The van der Waals surface area contributed by atoms with Gasteiger partial charge in [-0.3, -0.25) is 4.55 Å². The van der Waals surface area contributed by atoms with Crippen LogP contribution in [0.1, 0.15) is 17.3 Å². The van der Waals surface area contributed by atoms with Gasteiger partial charge in [0.25, 0.3) is 0 Å². The molecule has 1 aromatic rings. The predicted octanol–water partition coefficient (Wildman–Crippen LogP) is -0.854. The third-order valence-corrected chi connectivity index (χ3v) is 5.81. The first-order valence-corrected chi connectivity index (χ1v) is 11.2. The fourth-order valence-electron chi connectivity index (χ4n) is 2.52. The van der Waals surface area contributed by atoms with Crippen LogP contribution in [-0.4, -0.2) is 87.5 Å². The van der Waals surface area contributed by atoms with Crippen LogP contribution in [0.3, 0.4) is 0 Å². The molecule has 0 aliphatic carbocycles. The van der Waals surface area contributed by atoms with Crippen LogP contribution < -0.4 is 0 Å². The number of hydrogen-bond donors (Lipinski definition) is 5. The summed E-state index contributed by atoms with van der Waals surface area (Å²) in [5.41, 5.74) is -1.02. The Morgan fingerprint density at radius 3 is 2.42 bits per heavy atom. The van der Waals surface area contributed by atoms with Gasteiger partial charge in [-0.1, -0.05) is 42.0 Å². The van der Waals surface area contributed by atoms with E-state index in [4.69, 9.17) is 14.0 Å². The standard InChI is InChI=1S/C17H23NO11S2/c1-9(8-27-16(23)10-5-3-2-4-6-10)15(18-29-31(24,25)26)30-17-14(22)13(21)12(20)11(7-19)28-17/h2-6,9,11-14,17,19-22H,7-8H2,1H3,(H,24,25,26)/t9-,11-,12-,13+,14-,17+/m1/s1. The second-order valence-corrected chi connectivity index (χ2v) is 8.74. The lowest BCUT2D eigenvalue weighted by atomic mass is 10.0. The molecule has 1 heterocycles. The highest BCUT2D eigenvalue weighted by molar-refractivity contribution is 8.14. The predicted molar refractivity (Wildman–Crippen MR) is 107 cm³/mol. The largest absolute Gasteiger partial charge is 0.466 e. The third-order valence-electron chi connectivity index (χ3n) is 4.20. The van der Waals surface area contributed by atoms with Crippen LogP contribution in [0.25, 0.3) is 0 Å². The van der Waals surface area contributed by atoms with E-state index < -0.39 is 58.7 Å². The van der Waals surface area contributed by atoms with Crippen LogP contribution >= 0.6 is 11.8 Å². The molecule has 1 fully saturated rings. The molecule has 0 aromatic heterocycles. The third kappa shape index (κ3) is 7.40. The van der Waals surface area contributed by atoms with Gasteiger partial charge in [0, 0.05) is 5.92 Å². The van der Waals surface area contributed by atoms with Gasteiger partial charge < -0.3 is 29.9 Å². The molecule has 1 aliphatic heterocycles. The first kappa shape index (κ1) is 25.5. The Balaban J connectivity index is 2.13. The van der Waals surface area contributed by atoms with Crippen molar-refractivity contribution in [2.75, 3.05) is 13.2 Å². The Morgan fingerprint density at radius 2 is 1.84 bits per heavy atom. The number of nitrogens with zero attached hydrogens (tertiary/aromatic N) is 1. The van der Waals surface area contributed by atoms with Gasteiger partial charge in [-0.05, 0) is 12.1 Å². The topological polar surface area (TPSA) is 192 Å². The van der Waals surface area contributed by atoms with Crippen molar-refractivity contribution < 1.29 is 51.9 Å². The molecule has 0 amide bonds. The fourth-order valence-corrected chi connectivity index (χ4v) is 3.86. The summed E-state index contributed by atoms with van der Waals surface area (Å²) in [6.07, 6.45) is -6.10. The summed E-state index contributed by atoms with van der Waals surface area (Å²) in [6, 6.07) is 8.07. The number of oxime groups is 1. The lowest BCUT2D eigenvalue weighted by Gasteiger charge is -2.39. The molecule has 2 rings (SSSR count). The molecule has 1 aliphatic rings. The highest BCUT2D eigenvalue weighted by atomic mass is 32.3. The molecule has 0 bridgehead atoms. The molecule has 14 heteroatoms. The normalized spacial score (nSPS) is 28.1. The first-order chi connectivity index (χ1) is 14.5. The van der Waals surface area contributed by atoms with Crippen molar-refractivity contribution in [2.45, 2.75) is 36.8 Å². The Labute approximate surface area is 182 Å². The quantitative estimate of drug-likeness (QED) is 0.102. The average molecular weight is 482 g/mol. The highest BCUT2D eigenvalue weighted by Gasteiger charge is 2.44. The maximum absolute atomic E-state index is 12.1. The number of ether oxygens (including phenoxy) is 2. The van der Waals surface area contributed by atoms with E-state index in [1.807, 2.05) is 0 Å². The minimum absolute atomic E-state index is 0.178. The first-order valence-electron chi connectivity index (χ1n) is 8.96. The zero-order valence-electron chi connectivity index (χ0n) is 16.2. The molecule has 0 radical (unpaired) electrons. The SMILES string of the molecule is C[C@H](COC(=O)c1ccccc1)C(=NOS(=O)(=O)O)S[C@@H]1O[C@H](CO)[C@@H](O)[C@H](O)[C@H]1O. The lowest BCUT2D eigenvalue weighted by molar-refractivity contribution is -0.205. The summed E-state index contributed by atoms with van der Waals surface area (Å²) < 4.78 is 45.1. The van der Waals surface area contributed by atoms with E-state index in [0.29, 0.717) is 11.8 Å². The molecule has 5 N–H and O–H groups in total. The number of aliphatic hydroxyl groups is 4. The lowest BCUT2D eigenvalue weighted by Crippen LogP contribution is -2.57. The Hall–Kier alpha value is -1.78. The van der Waals surface area contributed by atoms with Crippen LogP contribution in [0, 0.1) is 5.92 Å². The summed E-state index contributed by atoms with van der Waals surface area (Å²) in [5.74, 6) is -1.45. The Bertz CT molecular complexity index is 862. The molecule has 0 unspecified atom stereocenters. The second-order valence-electron chi connectivity index (χ2n) is 6.61. The molecule has 1 saturated heterocycles. The van der Waals surface area contributed by atoms with Gasteiger partial charge in [0.15, 0.2) is 0 Å². The number of thioether (sulfide) groups is 1. The van der Waals surface area contributed by atoms with Gasteiger partial charge in [-0.15, -0.1) is 0 Å². The number of aliphatic hydroxyl groups excluding tert-OH is 4. The molecular formula is C17H23NO11S2. The van der Waals surface area contributed by atoms with E-state index in [-0.39, 0.29) is 17.2 Å². The van der Waals surface area contributed by atoms with Crippen molar-refractivity contribution in [3.05, 3.63) is 35.9 Å². The van der Waals surface area contributed by atoms with Gasteiger partial charge in [-0.25, -0.2) is 9.08 Å². The summed E-state index contributed by atoms with van der Waals surface area (Å²) in [4.78, 5) is 12.1. The molecule has 1 aromatic carbocycles. The van der Waals surface area contributed by atoms with E-state index in [1.165, 1.54) is 19.1 Å². The summed E-state index contributed by atoms with van der Waals surface area (Å²) in [7, 11) is -4.96. The second kappa shape index (κ2) is 11.2. The van der Waals surface area contributed by atoms with Crippen LogP contribution in [0.15, 0.2) is 35.5 Å². The number of carbonyl (C=O) groups is 1. The zero-order valence-corrected chi connectivity index (χ0v) is 17.8. The van der Waals surface area contributed by atoms with E-state index >= 15 is 0 Å². The molecule has 12 nitrogen and oxygen atoms in total. The summed E-state index contributed by atoms with van der Waals surface area (Å²) in [5, 5.41) is 42.3. The molecular weight excluding hydrogens is 458 g/mol. The van der Waals surface area contributed by atoms with Crippen LogP contribution in [0.5, 0.6) is 0 Å². The Kier molecular flexibility index (Phi) is 9.20. The smallest absolute Gasteiger partial charge is 0.461 e. The summed E-state index contributed by atoms with van der Waals surface area (Å²) >= 11 is 0.599. The number of benzene rings is 1. The highest BCUT2D eigenvalue weighted by Crippen LogP contribution is 2.31. The summed E-state index contributed by atoms with van der Waals surface area (Å²) in [6.45, 7) is 0.535. The zero-order chi connectivity index (χ0) is 23.2. The van der Waals surface area contributed by atoms with Crippen LogP contribution in [0.2, 0.25) is 0 Å². The number of carbonyl (C=O) groups excluding carboxylic acids is 1. The van der Waals surface area contributed by atoms with Gasteiger partial charge >= 0.3 is 16.4 Å². The van der Waals surface area contributed by atoms with E-state index in [1.54, 1.807) is 18.2 Å². The molecule has 0 saturated carbocycles.